The van der Waals surface area contributed by atoms with E-state index in [1.165, 1.54) is 30.2 Å². The Balaban J connectivity index is 1.95. The van der Waals surface area contributed by atoms with Gasteiger partial charge in [-0.15, -0.1) is 0 Å². The van der Waals surface area contributed by atoms with Gasteiger partial charge in [-0.2, -0.15) is 8.78 Å². The van der Waals surface area contributed by atoms with Crippen LogP contribution in [0.1, 0.15) is 43.4 Å². The van der Waals surface area contributed by atoms with Gasteiger partial charge in [0.05, 0.1) is 17.0 Å². The number of hydrogen-bond acceptors (Lipinski definition) is 4. The highest BCUT2D eigenvalue weighted by Crippen LogP contribution is 2.21. The van der Waals surface area contributed by atoms with Crippen molar-refractivity contribution in [3.63, 3.8) is 0 Å². The van der Waals surface area contributed by atoms with Crippen molar-refractivity contribution in [2.24, 2.45) is 0 Å². The van der Waals surface area contributed by atoms with Crippen molar-refractivity contribution in [1.29, 1.82) is 0 Å². The Kier molecular flexibility index (Phi) is 6.63. The van der Waals surface area contributed by atoms with Crippen molar-refractivity contribution in [1.82, 2.24) is 4.98 Å². The molecule has 122 valence electrons. The number of hydrogen-bond donors (Lipinski definition) is 0. The van der Waals surface area contributed by atoms with Crippen molar-refractivity contribution in [2.45, 2.75) is 48.9 Å². The van der Waals surface area contributed by atoms with Gasteiger partial charge in [-0.3, -0.25) is 4.21 Å². The van der Waals surface area contributed by atoms with Gasteiger partial charge in [0.25, 0.3) is 6.08 Å². The molecule has 0 saturated heterocycles. The summed E-state index contributed by atoms with van der Waals surface area (Å²) < 4.78 is 37.1. The minimum atomic E-state index is -1.76. The van der Waals surface area contributed by atoms with Crippen molar-refractivity contribution < 1.29 is 17.7 Å². The molecule has 4 nitrogen and oxygen atoms in total. The molecule has 1 aromatic rings. The predicted molar refractivity (Wildman–Crippen MR) is 84.0 cm³/mol. The maximum atomic E-state index is 12.1. The molecule has 1 unspecified atom stereocenters. The Morgan fingerprint density at radius 2 is 2.18 bits per heavy atom. The normalized spacial score (nSPS) is 18.2. The monoisotopic (exact) mass is 348 g/mol. The lowest BCUT2D eigenvalue weighted by Gasteiger charge is -2.20. The van der Waals surface area contributed by atoms with Crippen LogP contribution in [0.2, 0.25) is 0 Å². The highest BCUT2D eigenvalue weighted by Gasteiger charge is 2.20. The number of allylic oxidation sites excluding steroid dienone is 1. The Morgan fingerprint density at radius 1 is 1.45 bits per heavy atom. The number of nitrogens with zero attached hydrogens (tertiary/aromatic N) is 2. The maximum Gasteiger partial charge on any atom is 0.266 e. The number of thiazole rings is 1. The molecule has 0 amide bonds. The van der Waals surface area contributed by atoms with Gasteiger partial charge in [0.1, 0.15) is 4.88 Å². The lowest BCUT2D eigenvalue weighted by molar-refractivity contribution is -0.500. The van der Waals surface area contributed by atoms with Crippen LogP contribution in [0, 0.1) is 5.21 Å². The minimum Gasteiger partial charge on any atom is -0.624 e. The molecule has 0 aromatic carbocycles. The summed E-state index contributed by atoms with van der Waals surface area (Å²) in [4.78, 5) is 4.67. The van der Waals surface area contributed by atoms with Crippen LogP contribution in [0.5, 0.6) is 0 Å². The van der Waals surface area contributed by atoms with Crippen LogP contribution in [0.15, 0.2) is 22.7 Å². The van der Waals surface area contributed by atoms with Crippen molar-refractivity contribution >= 4 is 28.4 Å². The van der Waals surface area contributed by atoms with Crippen LogP contribution >= 0.6 is 11.3 Å². The number of rotatable bonds is 6. The standard InChI is InChI=1S/C14H18F2N2O2S2/c15-13(16)7-4-8-22(20)14-17-9-12(21-14)10-18(19)11-5-2-1-3-6-11/h7,9-11H,1-6,8H2/b18-10-. The zero-order valence-corrected chi connectivity index (χ0v) is 13.7. The van der Waals surface area contributed by atoms with Gasteiger partial charge >= 0.3 is 0 Å². The van der Waals surface area contributed by atoms with E-state index < -0.39 is 16.9 Å². The smallest absolute Gasteiger partial charge is 0.266 e. The largest absolute Gasteiger partial charge is 0.624 e. The summed E-state index contributed by atoms with van der Waals surface area (Å²) >= 11 is 1.18. The van der Waals surface area contributed by atoms with Crippen molar-refractivity contribution in [3.8, 4) is 0 Å². The summed E-state index contributed by atoms with van der Waals surface area (Å²) in [5, 5.41) is 12.1. The first kappa shape index (κ1) is 17.2. The molecule has 22 heavy (non-hydrogen) atoms. The zero-order valence-electron chi connectivity index (χ0n) is 12.0. The molecule has 8 heteroatoms. The summed E-state index contributed by atoms with van der Waals surface area (Å²) in [6.45, 7) is 0. The molecule has 0 bridgehead atoms. The summed E-state index contributed by atoms with van der Waals surface area (Å²) in [5.41, 5.74) is 0. The zero-order chi connectivity index (χ0) is 15.9. The highest BCUT2D eigenvalue weighted by molar-refractivity contribution is 7.87. The second kappa shape index (κ2) is 8.47. The molecule has 0 N–H and O–H groups in total. The number of hydroxylamine groups is 1. The third-order valence-corrected chi connectivity index (χ3v) is 6.12. The van der Waals surface area contributed by atoms with E-state index in [1.54, 1.807) is 0 Å². The molecule has 1 saturated carbocycles. The summed E-state index contributed by atoms with van der Waals surface area (Å²) in [6.07, 6.45) is 7.18. The average Bonchev–Trinajstić information content (AvgIpc) is 2.96. The van der Waals surface area contributed by atoms with Crippen LogP contribution in [0.3, 0.4) is 0 Å². The van der Waals surface area contributed by atoms with Gasteiger partial charge in [-0.05, 0) is 25.3 Å². The SMILES string of the molecule is O=S(CCC=C(F)F)c1ncc(/C=[N+](\[O-])C2CCCCC2)s1. The second-order valence-electron chi connectivity index (χ2n) is 5.14. The fourth-order valence-electron chi connectivity index (χ4n) is 2.36. The lowest BCUT2D eigenvalue weighted by atomic mass is 9.96. The first-order valence-electron chi connectivity index (χ1n) is 7.22. The Labute approximate surface area is 134 Å². The van der Waals surface area contributed by atoms with Crippen LogP contribution in [-0.2, 0) is 10.8 Å². The summed E-state index contributed by atoms with van der Waals surface area (Å²) in [6, 6.07) is 0.0162. The van der Waals surface area contributed by atoms with Crippen molar-refractivity contribution in [2.75, 3.05) is 5.75 Å². The lowest BCUT2D eigenvalue weighted by Crippen LogP contribution is -2.25. The third-order valence-electron chi connectivity index (χ3n) is 3.49. The molecule has 1 aromatic heterocycles. The first-order chi connectivity index (χ1) is 10.6. The summed E-state index contributed by atoms with van der Waals surface area (Å²) in [5.74, 6) is 0.105. The number of aromatic nitrogens is 1. The van der Waals surface area contributed by atoms with E-state index in [0.717, 1.165) is 36.5 Å². The molecular weight excluding hydrogens is 330 g/mol. The van der Waals surface area contributed by atoms with Gasteiger partial charge in [-0.1, -0.05) is 17.8 Å². The predicted octanol–water partition coefficient (Wildman–Crippen LogP) is 3.68. The number of halogens is 2. The Hall–Kier alpha value is -1.15. The molecule has 0 spiro atoms. The minimum absolute atomic E-state index is 0.0162. The molecule has 1 heterocycles. The van der Waals surface area contributed by atoms with E-state index in [9.17, 15) is 18.2 Å². The molecule has 0 radical (unpaired) electrons. The van der Waals surface area contributed by atoms with Crippen LogP contribution in [-0.4, -0.2) is 31.9 Å². The van der Waals surface area contributed by atoms with E-state index in [1.807, 2.05) is 0 Å². The molecule has 1 atom stereocenters. The summed E-state index contributed by atoms with van der Waals surface area (Å²) in [7, 11) is -1.41. The van der Waals surface area contributed by atoms with Crippen LogP contribution in [0.4, 0.5) is 8.78 Å². The average molecular weight is 348 g/mol. The Bertz CT molecular complexity index is 577. The van der Waals surface area contributed by atoms with E-state index in [2.05, 4.69) is 4.98 Å². The van der Waals surface area contributed by atoms with Gasteiger partial charge in [0.15, 0.2) is 16.6 Å². The molecule has 1 fully saturated rings. The van der Waals surface area contributed by atoms with Crippen molar-refractivity contribution in [3.05, 3.63) is 28.4 Å². The third kappa shape index (κ3) is 5.24. The maximum absolute atomic E-state index is 12.1. The van der Waals surface area contributed by atoms with E-state index in [0.29, 0.717) is 9.22 Å². The highest BCUT2D eigenvalue weighted by atomic mass is 32.2. The first-order valence-corrected chi connectivity index (χ1v) is 9.35. The molecule has 1 aliphatic carbocycles. The molecule has 2 rings (SSSR count). The van der Waals surface area contributed by atoms with Gasteiger partial charge in [-0.25, -0.2) is 9.72 Å². The van der Waals surface area contributed by atoms with E-state index in [4.69, 9.17) is 0 Å². The van der Waals surface area contributed by atoms with Crippen LogP contribution < -0.4 is 0 Å². The quantitative estimate of drug-likeness (QED) is 0.341. The topological polar surface area (TPSA) is 56.0 Å². The Morgan fingerprint density at radius 3 is 2.86 bits per heavy atom. The fourth-order valence-corrected chi connectivity index (χ4v) is 4.52. The molecule has 1 aliphatic rings. The van der Waals surface area contributed by atoms with E-state index in [-0.39, 0.29) is 18.2 Å². The fraction of sp³-hybridized carbons (Fsp3) is 0.571. The molecular formula is C14H18F2N2O2S2. The van der Waals surface area contributed by atoms with Gasteiger partial charge in [0, 0.05) is 18.6 Å². The van der Waals surface area contributed by atoms with Gasteiger partial charge < -0.3 is 5.21 Å². The second-order valence-corrected chi connectivity index (χ2v) is 7.95. The van der Waals surface area contributed by atoms with Gasteiger partial charge in [0.2, 0.25) is 0 Å². The molecule has 0 aliphatic heterocycles. The van der Waals surface area contributed by atoms with E-state index >= 15 is 0 Å². The van der Waals surface area contributed by atoms with Crippen LogP contribution in [0.25, 0.3) is 0 Å².